The summed E-state index contributed by atoms with van der Waals surface area (Å²) in [6.45, 7) is 1.20. The molecule has 0 aliphatic rings. The highest BCUT2D eigenvalue weighted by Crippen LogP contribution is 2.26. The fourth-order valence-electron chi connectivity index (χ4n) is 3.70. The Morgan fingerprint density at radius 3 is 2.30 bits per heavy atom. The van der Waals surface area contributed by atoms with E-state index in [1.54, 1.807) is 48.5 Å². The summed E-state index contributed by atoms with van der Waals surface area (Å²) in [6, 6.07) is 28.6. The molecule has 0 saturated carbocycles. The number of carbonyl (C=O) groups excluding carboxylic acids is 1. The molecule has 1 N–H and O–H groups in total. The maximum Gasteiger partial charge on any atom is 0.337 e. The average molecular weight is 520 g/mol. The molecule has 0 aliphatic heterocycles. The van der Waals surface area contributed by atoms with Crippen LogP contribution in [0, 0.1) is 5.82 Å². The van der Waals surface area contributed by atoms with E-state index < -0.39 is 5.82 Å². The second kappa shape index (κ2) is 13.0. The van der Waals surface area contributed by atoms with Crippen molar-refractivity contribution in [2.75, 3.05) is 13.7 Å². The largest absolute Gasteiger partial charge is 0.465 e. The van der Waals surface area contributed by atoms with Crippen molar-refractivity contribution in [2.24, 2.45) is 0 Å². The van der Waals surface area contributed by atoms with Crippen LogP contribution >= 0.6 is 11.6 Å². The minimum atomic E-state index is -0.406. The Bertz CT molecular complexity index is 1300. The van der Waals surface area contributed by atoms with E-state index in [4.69, 9.17) is 25.8 Å². The van der Waals surface area contributed by atoms with Crippen LogP contribution < -0.4 is 10.1 Å². The summed E-state index contributed by atoms with van der Waals surface area (Å²) >= 11 is 5.90. The van der Waals surface area contributed by atoms with Crippen LogP contribution in [0.15, 0.2) is 97.1 Å². The summed E-state index contributed by atoms with van der Waals surface area (Å²) < 4.78 is 31.4. The number of halogens is 2. The Hall–Kier alpha value is -3.71. The van der Waals surface area contributed by atoms with E-state index in [9.17, 15) is 9.18 Å². The molecule has 0 aromatic heterocycles. The molecular formula is C30H27ClFNO4. The van der Waals surface area contributed by atoms with E-state index in [0.29, 0.717) is 40.7 Å². The van der Waals surface area contributed by atoms with Crippen molar-refractivity contribution in [3.63, 3.8) is 0 Å². The average Bonchev–Trinajstić information content (AvgIpc) is 2.93. The molecule has 37 heavy (non-hydrogen) atoms. The molecule has 0 amide bonds. The van der Waals surface area contributed by atoms with Gasteiger partial charge in [-0.15, -0.1) is 0 Å². The van der Waals surface area contributed by atoms with Gasteiger partial charge in [0, 0.05) is 29.7 Å². The number of benzene rings is 4. The molecule has 0 radical (unpaired) electrons. The summed E-state index contributed by atoms with van der Waals surface area (Å²) in [6.07, 6.45) is -0.292. The summed E-state index contributed by atoms with van der Waals surface area (Å²) in [5, 5.41) is 3.99. The van der Waals surface area contributed by atoms with Gasteiger partial charge in [-0.3, -0.25) is 0 Å². The minimum absolute atomic E-state index is 0.0993. The minimum Gasteiger partial charge on any atom is -0.465 e. The number of nitrogens with one attached hydrogen (secondary N) is 1. The Balaban J connectivity index is 1.36. The van der Waals surface area contributed by atoms with E-state index in [-0.39, 0.29) is 18.7 Å². The van der Waals surface area contributed by atoms with Crippen molar-refractivity contribution in [1.29, 1.82) is 0 Å². The summed E-state index contributed by atoms with van der Waals surface area (Å²) in [7, 11) is 1.36. The molecule has 190 valence electrons. The van der Waals surface area contributed by atoms with E-state index in [1.807, 2.05) is 42.5 Å². The lowest BCUT2D eigenvalue weighted by Crippen LogP contribution is -2.23. The van der Waals surface area contributed by atoms with Gasteiger partial charge in [0.15, 0.2) is 0 Å². The van der Waals surface area contributed by atoms with Gasteiger partial charge in [-0.1, -0.05) is 60.1 Å². The number of rotatable bonds is 11. The first-order valence-electron chi connectivity index (χ1n) is 11.8. The second-order valence-corrected chi connectivity index (χ2v) is 8.78. The highest BCUT2D eigenvalue weighted by atomic mass is 35.5. The molecule has 0 fully saturated rings. The van der Waals surface area contributed by atoms with Crippen LogP contribution in [0.4, 0.5) is 4.39 Å². The van der Waals surface area contributed by atoms with Crippen LogP contribution in [0.25, 0.3) is 0 Å². The topological polar surface area (TPSA) is 56.8 Å². The molecule has 0 saturated heterocycles. The van der Waals surface area contributed by atoms with Crippen molar-refractivity contribution in [2.45, 2.75) is 19.3 Å². The predicted molar refractivity (Wildman–Crippen MR) is 141 cm³/mol. The van der Waals surface area contributed by atoms with Gasteiger partial charge in [0.1, 0.15) is 17.3 Å². The van der Waals surface area contributed by atoms with Gasteiger partial charge < -0.3 is 19.5 Å². The predicted octanol–water partition coefficient (Wildman–Crippen LogP) is 7.11. The molecule has 7 heteroatoms. The number of hydrogen-bond acceptors (Lipinski definition) is 5. The van der Waals surface area contributed by atoms with Crippen molar-refractivity contribution >= 4 is 17.6 Å². The van der Waals surface area contributed by atoms with Gasteiger partial charge in [-0.05, 0) is 53.6 Å². The molecule has 4 aromatic carbocycles. The number of hydrogen-bond donors (Lipinski definition) is 1. The maximum absolute atomic E-state index is 14.8. The molecular weight excluding hydrogens is 493 g/mol. The Morgan fingerprint density at radius 1 is 0.919 bits per heavy atom. The highest BCUT2D eigenvalue weighted by Gasteiger charge is 2.14. The quantitative estimate of drug-likeness (QED) is 0.214. The number of carbonyl (C=O) groups is 1. The first-order chi connectivity index (χ1) is 18.0. The van der Waals surface area contributed by atoms with E-state index in [2.05, 4.69) is 5.32 Å². The zero-order valence-electron chi connectivity index (χ0n) is 20.3. The molecule has 0 bridgehead atoms. The van der Waals surface area contributed by atoms with Crippen LogP contribution in [0.1, 0.15) is 33.2 Å². The SMILES string of the molecule is COC(=O)c1ccc(CNC[C@H](OCc2ccc(Oc3ccc(Cl)cc3)cc2F)c2ccccc2)cc1. The number of esters is 1. The van der Waals surface area contributed by atoms with Gasteiger partial charge in [0.2, 0.25) is 0 Å². The summed E-state index contributed by atoms with van der Waals surface area (Å²) in [5.74, 6) is 0.191. The zero-order chi connectivity index (χ0) is 26.0. The Labute approximate surface area is 220 Å². The van der Waals surface area contributed by atoms with E-state index >= 15 is 0 Å². The third kappa shape index (κ3) is 7.64. The Morgan fingerprint density at radius 2 is 1.62 bits per heavy atom. The lowest BCUT2D eigenvalue weighted by Gasteiger charge is -2.20. The molecule has 0 heterocycles. The molecule has 5 nitrogen and oxygen atoms in total. The van der Waals surface area contributed by atoms with Crippen molar-refractivity contribution in [1.82, 2.24) is 5.32 Å². The van der Waals surface area contributed by atoms with E-state index in [0.717, 1.165) is 11.1 Å². The Kier molecular flexibility index (Phi) is 9.27. The van der Waals surface area contributed by atoms with Gasteiger partial charge in [-0.25, -0.2) is 9.18 Å². The van der Waals surface area contributed by atoms with E-state index in [1.165, 1.54) is 13.2 Å². The van der Waals surface area contributed by atoms with Crippen molar-refractivity contribution in [3.05, 3.63) is 130 Å². The molecule has 0 aliphatic carbocycles. The number of methoxy groups -OCH3 is 1. The lowest BCUT2D eigenvalue weighted by molar-refractivity contribution is 0.0380. The van der Waals surface area contributed by atoms with Crippen LogP contribution in [0.5, 0.6) is 11.5 Å². The molecule has 4 aromatic rings. The molecule has 1 atom stereocenters. The first kappa shape index (κ1) is 26.4. The monoisotopic (exact) mass is 519 g/mol. The molecule has 0 unspecified atom stereocenters. The summed E-state index contributed by atoms with van der Waals surface area (Å²) in [5.41, 5.74) is 2.94. The van der Waals surface area contributed by atoms with Crippen molar-refractivity contribution in [3.8, 4) is 11.5 Å². The third-order valence-electron chi connectivity index (χ3n) is 5.72. The van der Waals surface area contributed by atoms with Crippen LogP contribution in [-0.2, 0) is 22.6 Å². The van der Waals surface area contributed by atoms with Gasteiger partial charge in [0.05, 0.1) is 25.4 Å². The standard InChI is InChI=1S/C30H27ClFNO4/c1-35-30(34)23-9-7-21(8-10-23)18-33-19-29(22-5-3-2-4-6-22)36-20-24-11-14-27(17-28(24)32)37-26-15-12-25(31)13-16-26/h2-17,29,33H,18-20H2,1H3/t29-/m0/s1. The fourth-order valence-corrected chi connectivity index (χ4v) is 3.83. The van der Waals surface area contributed by atoms with Gasteiger partial charge in [0.25, 0.3) is 0 Å². The van der Waals surface area contributed by atoms with Crippen LogP contribution in [-0.4, -0.2) is 19.6 Å². The van der Waals surface area contributed by atoms with Gasteiger partial charge >= 0.3 is 5.97 Å². The summed E-state index contributed by atoms with van der Waals surface area (Å²) in [4.78, 5) is 11.6. The van der Waals surface area contributed by atoms with Crippen LogP contribution in [0.2, 0.25) is 5.02 Å². The maximum atomic E-state index is 14.8. The smallest absolute Gasteiger partial charge is 0.337 e. The second-order valence-electron chi connectivity index (χ2n) is 8.34. The highest BCUT2D eigenvalue weighted by molar-refractivity contribution is 6.30. The number of ether oxygens (including phenoxy) is 3. The normalized spacial score (nSPS) is 11.6. The zero-order valence-corrected chi connectivity index (χ0v) is 21.1. The first-order valence-corrected chi connectivity index (χ1v) is 12.2. The van der Waals surface area contributed by atoms with Crippen LogP contribution in [0.3, 0.4) is 0 Å². The van der Waals surface area contributed by atoms with Gasteiger partial charge in [-0.2, -0.15) is 0 Å². The fraction of sp³-hybridized carbons (Fsp3) is 0.167. The molecule has 4 rings (SSSR count). The van der Waals surface area contributed by atoms with Crippen molar-refractivity contribution < 1.29 is 23.4 Å². The molecule has 0 spiro atoms. The third-order valence-corrected chi connectivity index (χ3v) is 5.97. The lowest BCUT2D eigenvalue weighted by atomic mass is 10.1.